The molecule has 10 aromatic carbocycles. The highest BCUT2D eigenvalue weighted by Crippen LogP contribution is 2.55. The van der Waals surface area contributed by atoms with Crippen molar-refractivity contribution in [2.75, 3.05) is 4.90 Å². The molecule has 1 aliphatic carbocycles. The second-order valence-corrected chi connectivity index (χ2v) is 17.8. The van der Waals surface area contributed by atoms with Gasteiger partial charge in [-0.15, -0.1) is 0 Å². The number of rotatable bonds is 7. The van der Waals surface area contributed by atoms with Gasteiger partial charge in [0.25, 0.3) is 0 Å². The highest BCUT2D eigenvalue weighted by Gasteiger charge is 2.32. The number of aromatic nitrogens is 2. The summed E-state index contributed by atoms with van der Waals surface area (Å²) in [6, 6.07) is 93.3. The monoisotopic (exact) mass is 867 g/mol. The van der Waals surface area contributed by atoms with Crippen LogP contribution < -0.4 is 4.90 Å². The van der Waals surface area contributed by atoms with E-state index in [0.29, 0.717) is 0 Å². The molecule has 0 fully saturated rings. The van der Waals surface area contributed by atoms with Gasteiger partial charge in [-0.05, 0) is 125 Å². The molecule has 12 aromatic rings. The smallest absolute Gasteiger partial charge is 0.0626 e. The summed E-state index contributed by atoms with van der Waals surface area (Å²) in [6.07, 6.45) is 0. The minimum Gasteiger partial charge on any atom is -0.311 e. The molecule has 0 unspecified atom stereocenters. The van der Waals surface area contributed by atoms with Crippen LogP contribution in [-0.4, -0.2) is 9.13 Å². The van der Waals surface area contributed by atoms with Gasteiger partial charge in [-0.25, -0.2) is 0 Å². The van der Waals surface area contributed by atoms with Crippen LogP contribution in [-0.2, 0) is 0 Å². The predicted octanol–water partition coefficient (Wildman–Crippen LogP) is 17.7. The molecule has 3 nitrogen and oxygen atoms in total. The Kier molecular flexibility index (Phi) is 9.40. The number of anilines is 3. The quantitative estimate of drug-likeness (QED) is 0.156. The van der Waals surface area contributed by atoms with E-state index >= 15 is 0 Å². The predicted molar refractivity (Wildman–Crippen MR) is 286 cm³/mol. The molecule has 0 saturated heterocycles. The average molecular weight is 868 g/mol. The SMILES string of the molecule is Cc1ccc(-n2c3c(c4cc(-c5ccccc5)ccc42)-c2ccccc2-c2c(n(-c4ccc(N(c5ccccc5)c5ccccc5)cc4)c4ccc(-c5ccccc5)cc24)-c2ccccc2-3)cc1. The van der Waals surface area contributed by atoms with E-state index in [0.717, 1.165) is 34.0 Å². The summed E-state index contributed by atoms with van der Waals surface area (Å²) in [5, 5.41) is 2.43. The first kappa shape index (κ1) is 39.4. The van der Waals surface area contributed by atoms with Gasteiger partial charge >= 0.3 is 0 Å². The van der Waals surface area contributed by atoms with Crippen molar-refractivity contribution < 1.29 is 0 Å². The average Bonchev–Trinajstić information content (AvgIpc) is 3.92. The topological polar surface area (TPSA) is 13.1 Å². The van der Waals surface area contributed by atoms with Crippen molar-refractivity contribution in [1.29, 1.82) is 0 Å². The second kappa shape index (κ2) is 16.2. The molecule has 1 aliphatic rings. The second-order valence-electron chi connectivity index (χ2n) is 17.8. The molecule has 68 heavy (non-hydrogen) atoms. The lowest BCUT2D eigenvalue weighted by Gasteiger charge is -2.26. The van der Waals surface area contributed by atoms with E-state index in [-0.39, 0.29) is 0 Å². The van der Waals surface area contributed by atoms with Crippen LogP contribution in [0.15, 0.2) is 255 Å². The molecule has 3 heteroatoms. The first-order valence-electron chi connectivity index (χ1n) is 23.4. The number of benzene rings is 10. The zero-order chi connectivity index (χ0) is 45.1. The van der Waals surface area contributed by atoms with E-state index in [1.807, 2.05) is 0 Å². The number of hydrogen-bond donors (Lipinski definition) is 0. The first-order valence-corrected chi connectivity index (χ1v) is 23.4. The lowest BCUT2D eigenvalue weighted by Crippen LogP contribution is -2.10. The minimum absolute atomic E-state index is 1.09. The lowest BCUT2D eigenvalue weighted by atomic mass is 9.84. The Bertz CT molecular complexity index is 3770. The summed E-state index contributed by atoms with van der Waals surface area (Å²) in [6.45, 7) is 2.16. The Balaban J connectivity index is 1.13. The van der Waals surface area contributed by atoms with Crippen molar-refractivity contribution in [3.63, 3.8) is 0 Å². The van der Waals surface area contributed by atoms with Gasteiger partial charge in [0, 0.05) is 61.5 Å². The summed E-state index contributed by atoms with van der Waals surface area (Å²) in [7, 11) is 0. The summed E-state index contributed by atoms with van der Waals surface area (Å²) in [5.41, 5.74) is 23.4. The molecule has 0 saturated carbocycles. The molecule has 0 N–H and O–H groups in total. The number of fused-ring (bicyclic) bond motifs is 12. The molecule has 0 radical (unpaired) electrons. The third kappa shape index (κ3) is 6.43. The molecule has 0 bridgehead atoms. The summed E-state index contributed by atoms with van der Waals surface area (Å²) < 4.78 is 5.03. The molecule has 320 valence electrons. The first-order chi connectivity index (χ1) is 33.7. The lowest BCUT2D eigenvalue weighted by molar-refractivity contribution is 1.12. The fourth-order valence-corrected chi connectivity index (χ4v) is 10.7. The third-order valence-corrected chi connectivity index (χ3v) is 13.7. The number of para-hydroxylation sites is 2. The maximum absolute atomic E-state index is 2.52. The normalized spacial score (nSPS) is 11.6. The van der Waals surface area contributed by atoms with Gasteiger partial charge < -0.3 is 14.0 Å². The van der Waals surface area contributed by atoms with Crippen molar-refractivity contribution in [2.45, 2.75) is 6.92 Å². The van der Waals surface area contributed by atoms with Gasteiger partial charge in [0.1, 0.15) is 0 Å². The van der Waals surface area contributed by atoms with Crippen molar-refractivity contribution in [2.24, 2.45) is 0 Å². The molecule has 2 heterocycles. The van der Waals surface area contributed by atoms with Crippen molar-refractivity contribution in [3.8, 4) is 78.4 Å². The third-order valence-electron chi connectivity index (χ3n) is 13.7. The fourth-order valence-electron chi connectivity index (χ4n) is 10.7. The molecule has 0 amide bonds. The van der Waals surface area contributed by atoms with Gasteiger partial charge in [0.05, 0.1) is 22.4 Å². The Morgan fingerprint density at radius 2 is 0.647 bits per heavy atom. The molecule has 2 aromatic heterocycles. The maximum atomic E-state index is 2.52. The van der Waals surface area contributed by atoms with Gasteiger partial charge in [-0.2, -0.15) is 0 Å². The maximum Gasteiger partial charge on any atom is 0.0626 e. The fraction of sp³-hybridized carbons (Fsp3) is 0.0154. The Labute approximate surface area is 396 Å². The number of aryl methyl sites for hydroxylation is 1. The van der Waals surface area contributed by atoms with Gasteiger partial charge in [0.15, 0.2) is 0 Å². The van der Waals surface area contributed by atoms with Gasteiger partial charge in [-0.1, -0.05) is 175 Å². The highest BCUT2D eigenvalue weighted by atomic mass is 15.1. The van der Waals surface area contributed by atoms with E-state index in [1.54, 1.807) is 0 Å². The minimum atomic E-state index is 1.09. The summed E-state index contributed by atoms with van der Waals surface area (Å²) in [5.74, 6) is 0. The standard InChI is InChI=1S/C65H45N3/c1-44-30-34-52(35-31-44)67-60-40-32-47(45-18-6-2-7-19-45)42-58(60)62-54-26-14-15-27-55(54)63-59-43-48(46-20-8-3-9-21-46)33-41-61(59)68(65(63)57-29-17-16-28-56(57)64(62)67)53-38-36-51(37-39-53)66(49-22-10-4-11-23-49)50-24-12-5-13-25-50/h2-43H,1H3. The molecular formula is C65H45N3. The van der Waals surface area contributed by atoms with Crippen molar-refractivity contribution in [3.05, 3.63) is 260 Å². The molecule has 13 rings (SSSR count). The van der Waals surface area contributed by atoms with E-state index in [2.05, 4.69) is 276 Å². The van der Waals surface area contributed by atoms with E-state index < -0.39 is 0 Å². The number of hydrogen-bond acceptors (Lipinski definition) is 1. The zero-order valence-corrected chi connectivity index (χ0v) is 37.6. The van der Waals surface area contributed by atoms with E-state index in [4.69, 9.17) is 0 Å². The zero-order valence-electron chi connectivity index (χ0n) is 37.6. The summed E-state index contributed by atoms with van der Waals surface area (Å²) >= 11 is 0. The van der Waals surface area contributed by atoms with Crippen LogP contribution in [0, 0.1) is 6.92 Å². The van der Waals surface area contributed by atoms with Crippen LogP contribution >= 0.6 is 0 Å². The van der Waals surface area contributed by atoms with E-state index in [9.17, 15) is 0 Å². The highest BCUT2D eigenvalue weighted by molar-refractivity contribution is 6.18. The molecule has 0 atom stereocenters. The van der Waals surface area contributed by atoms with Crippen LogP contribution in [0.5, 0.6) is 0 Å². The largest absolute Gasteiger partial charge is 0.311 e. The van der Waals surface area contributed by atoms with Crippen LogP contribution in [0.4, 0.5) is 17.1 Å². The number of nitrogens with zero attached hydrogens (tertiary/aromatic N) is 3. The van der Waals surface area contributed by atoms with Gasteiger partial charge in [0.2, 0.25) is 0 Å². The summed E-state index contributed by atoms with van der Waals surface area (Å²) in [4.78, 5) is 2.33. The van der Waals surface area contributed by atoms with Crippen molar-refractivity contribution >= 4 is 38.9 Å². The van der Waals surface area contributed by atoms with Crippen LogP contribution in [0.1, 0.15) is 5.56 Å². The Hall–Kier alpha value is -8.92. The van der Waals surface area contributed by atoms with Crippen LogP contribution in [0.3, 0.4) is 0 Å². The Morgan fingerprint density at radius 3 is 1.07 bits per heavy atom. The molecular weight excluding hydrogens is 823 g/mol. The van der Waals surface area contributed by atoms with E-state index in [1.165, 1.54) is 88.9 Å². The van der Waals surface area contributed by atoms with Crippen molar-refractivity contribution in [1.82, 2.24) is 9.13 Å². The van der Waals surface area contributed by atoms with Gasteiger partial charge in [-0.3, -0.25) is 0 Å². The van der Waals surface area contributed by atoms with Crippen LogP contribution in [0.2, 0.25) is 0 Å². The molecule has 0 spiro atoms. The Morgan fingerprint density at radius 1 is 0.294 bits per heavy atom. The molecule has 0 aliphatic heterocycles. The van der Waals surface area contributed by atoms with Crippen LogP contribution in [0.25, 0.3) is 100 Å².